The number of non-ortho nitro benzene ring substituents is 1. The molecule has 0 aromatic heterocycles. The Bertz CT molecular complexity index is 382. The van der Waals surface area contributed by atoms with Gasteiger partial charge in [-0.15, -0.1) is 0 Å². The number of rotatable bonds is 3. The number of benzene rings is 1. The zero-order chi connectivity index (χ0) is 12.3. The third kappa shape index (κ3) is 2.82. The molecule has 4 nitrogen and oxygen atoms in total. The number of hydrogen-bond acceptors (Lipinski definition) is 3. The van der Waals surface area contributed by atoms with Crippen molar-refractivity contribution in [3.63, 3.8) is 0 Å². The van der Waals surface area contributed by atoms with E-state index in [0.717, 1.165) is 18.4 Å². The molecule has 92 valence electrons. The highest BCUT2D eigenvalue weighted by atomic mass is 16.6. The van der Waals surface area contributed by atoms with Crippen LogP contribution in [0.3, 0.4) is 0 Å². The molecule has 1 aliphatic rings. The average Bonchev–Trinajstić information content (AvgIpc) is 2.39. The lowest BCUT2D eigenvalue weighted by Gasteiger charge is -2.26. The van der Waals surface area contributed by atoms with Gasteiger partial charge in [-0.1, -0.05) is 19.3 Å². The smallest absolute Gasteiger partial charge is 0.269 e. The summed E-state index contributed by atoms with van der Waals surface area (Å²) in [5.41, 5.74) is 0.868. The summed E-state index contributed by atoms with van der Waals surface area (Å²) in [5.74, 6) is 0.310. The van der Waals surface area contributed by atoms with Gasteiger partial charge in [0.25, 0.3) is 5.69 Å². The fourth-order valence-corrected chi connectivity index (χ4v) is 2.52. The molecule has 0 heterocycles. The van der Waals surface area contributed by atoms with E-state index in [4.69, 9.17) is 0 Å². The molecule has 1 aromatic rings. The number of nitro groups is 1. The molecule has 0 amide bonds. The second kappa shape index (κ2) is 5.27. The molecule has 4 heteroatoms. The van der Waals surface area contributed by atoms with Crippen LogP contribution in [0.5, 0.6) is 0 Å². The Hall–Kier alpha value is -1.42. The summed E-state index contributed by atoms with van der Waals surface area (Å²) in [5, 5.41) is 20.7. The number of aliphatic hydroxyl groups excluding tert-OH is 1. The topological polar surface area (TPSA) is 63.4 Å². The Morgan fingerprint density at radius 1 is 1.18 bits per heavy atom. The lowest BCUT2D eigenvalue weighted by molar-refractivity contribution is -0.384. The van der Waals surface area contributed by atoms with Crippen LogP contribution in [0.2, 0.25) is 0 Å². The van der Waals surface area contributed by atoms with Crippen LogP contribution in [0.25, 0.3) is 0 Å². The summed E-state index contributed by atoms with van der Waals surface area (Å²) in [4.78, 5) is 10.1. The maximum Gasteiger partial charge on any atom is 0.269 e. The van der Waals surface area contributed by atoms with Gasteiger partial charge in [-0.3, -0.25) is 10.1 Å². The first kappa shape index (κ1) is 12.0. The highest BCUT2D eigenvalue weighted by molar-refractivity contribution is 5.33. The van der Waals surface area contributed by atoms with E-state index >= 15 is 0 Å². The normalized spacial score (nSPS) is 18.9. The average molecular weight is 235 g/mol. The van der Waals surface area contributed by atoms with Gasteiger partial charge in [-0.2, -0.15) is 0 Å². The van der Waals surface area contributed by atoms with Crippen LogP contribution in [-0.2, 0) is 0 Å². The molecule has 1 aliphatic carbocycles. The van der Waals surface area contributed by atoms with Crippen molar-refractivity contribution in [2.24, 2.45) is 5.92 Å². The maximum atomic E-state index is 10.5. The predicted molar refractivity (Wildman–Crippen MR) is 64.6 cm³/mol. The Morgan fingerprint density at radius 3 is 2.29 bits per heavy atom. The molecule has 1 fully saturated rings. The molecule has 0 unspecified atom stereocenters. The van der Waals surface area contributed by atoms with E-state index in [1.807, 2.05) is 0 Å². The minimum Gasteiger partial charge on any atom is -0.388 e. The van der Waals surface area contributed by atoms with Crippen LogP contribution in [0.1, 0.15) is 43.8 Å². The van der Waals surface area contributed by atoms with Gasteiger partial charge in [0.1, 0.15) is 0 Å². The molecule has 0 spiro atoms. The molecular weight excluding hydrogens is 218 g/mol. The van der Waals surface area contributed by atoms with E-state index in [-0.39, 0.29) is 5.69 Å². The largest absolute Gasteiger partial charge is 0.388 e. The van der Waals surface area contributed by atoms with E-state index in [1.165, 1.54) is 31.4 Å². The van der Waals surface area contributed by atoms with Crippen molar-refractivity contribution in [3.8, 4) is 0 Å². The van der Waals surface area contributed by atoms with E-state index in [2.05, 4.69) is 0 Å². The second-order valence-corrected chi connectivity index (χ2v) is 4.69. The quantitative estimate of drug-likeness (QED) is 0.646. The fraction of sp³-hybridized carbons (Fsp3) is 0.538. The van der Waals surface area contributed by atoms with Gasteiger partial charge in [0.2, 0.25) is 0 Å². The number of aliphatic hydroxyl groups is 1. The molecule has 1 N–H and O–H groups in total. The molecule has 0 bridgehead atoms. The van der Waals surface area contributed by atoms with Crippen molar-refractivity contribution in [1.82, 2.24) is 0 Å². The van der Waals surface area contributed by atoms with E-state index in [9.17, 15) is 15.2 Å². The first-order valence-electron chi connectivity index (χ1n) is 6.11. The van der Waals surface area contributed by atoms with Gasteiger partial charge in [-0.05, 0) is 36.5 Å². The minimum atomic E-state index is -0.476. The van der Waals surface area contributed by atoms with Crippen molar-refractivity contribution < 1.29 is 10.0 Å². The number of nitrogens with zero attached hydrogens (tertiary/aromatic N) is 1. The first-order valence-corrected chi connectivity index (χ1v) is 6.11. The van der Waals surface area contributed by atoms with Crippen LogP contribution >= 0.6 is 0 Å². The third-order valence-electron chi connectivity index (χ3n) is 3.54. The molecule has 2 rings (SSSR count). The van der Waals surface area contributed by atoms with Crippen molar-refractivity contribution >= 4 is 5.69 Å². The Balaban J connectivity index is 2.07. The van der Waals surface area contributed by atoms with Crippen LogP contribution in [-0.4, -0.2) is 10.0 Å². The van der Waals surface area contributed by atoms with E-state index < -0.39 is 11.0 Å². The summed E-state index contributed by atoms with van der Waals surface area (Å²) in [7, 11) is 0. The van der Waals surface area contributed by atoms with Gasteiger partial charge in [-0.25, -0.2) is 0 Å². The summed E-state index contributed by atoms with van der Waals surface area (Å²) >= 11 is 0. The second-order valence-electron chi connectivity index (χ2n) is 4.69. The zero-order valence-electron chi connectivity index (χ0n) is 9.71. The van der Waals surface area contributed by atoms with Gasteiger partial charge in [0.15, 0.2) is 0 Å². The molecule has 0 saturated heterocycles. The monoisotopic (exact) mass is 235 g/mol. The van der Waals surface area contributed by atoms with Gasteiger partial charge in [0.05, 0.1) is 11.0 Å². The third-order valence-corrected chi connectivity index (χ3v) is 3.54. The molecular formula is C13H17NO3. The van der Waals surface area contributed by atoms with Gasteiger partial charge in [0, 0.05) is 12.1 Å². The molecule has 1 aromatic carbocycles. The molecule has 0 aliphatic heterocycles. The van der Waals surface area contributed by atoms with E-state index in [1.54, 1.807) is 12.1 Å². The maximum absolute atomic E-state index is 10.5. The van der Waals surface area contributed by atoms with Crippen LogP contribution in [0, 0.1) is 16.0 Å². The fourth-order valence-electron chi connectivity index (χ4n) is 2.52. The molecule has 1 saturated carbocycles. The first-order chi connectivity index (χ1) is 8.18. The number of nitro benzene ring substituents is 1. The minimum absolute atomic E-state index is 0.0737. The Labute approximate surface area is 100 Å². The highest BCUT2D eigenvalue weighted by Crippen LogP contribution is 2.34. The van der Waals surface area contributed by atoms with Crippen molar-refractivity contribution in [2.45, 2.75) is 38.2 Å². The summed E-state index contributed by atoms with van der Waals surface area (Å²) in [6.07, 6.45) is 5.24. The Morgan fingerprint density at radius 2 is 1.76 bits per heavy atom. The lowest BCUT2D eigenvalue weighted by Crippen LogP contribution is -2.15. The molecule has 17 heavy (non-hydrogen) atoms. The van der Waals surface area contributed by atoms with Crippen LogP contribution in [0.15, 0.2) is 24.3 Å². The van der Waals surface area contributed by atoms with Gasteiger partial charge >= 0.3 is 0 Å². The molecule has 0 radical (unpaired) electrons. The Kier molecular flexibility index (Phi) is 3.74. The highest BCUT2D eigenvalue weighted by Gasteiger charge is 2.23. The van der Waals surface area contributed by atoms with Crippen molar-refractivity contribution in [3.05, 3.63) is 39.9 Å². The van der Waals surface area contributed by atoms with Crippen molar-refractivity contribution in [1.29, 1.82) is 0 Å². The van der Waals surface area contributed by atoms with Crippen molar-refractivity contribution in [2.75, 3.05) is 0 Å². The number of hydrogen-bond donors (Lipinski definition) is 1. The van der Waals surface area contributed by atoms with Crippen LogP contribution < -0.4 is 0 Å². The predicted octanol–water partition coefficient (Wildman–Crippen LogP) is 3.21. The van der Waals surface area contributed by atoms with E-state index in [0.29, 0.717) is 5.92 Å². The summed E-state index contributed by atoms with van der Waals surface area (Å²) in [6.45, 7) is 0. The molecule has 1 atom stereocenters. The van der Waals surface area contributed by atoms with Crippen LogP contribution in [0.4, 0.5) is 5.69 Å². The standard InChI is InChI=1S/C13H17NO3/c15-13(10-4-2-1-3-5-10)11-6-8-12(9-7-11)14(16)17/h6-10,13,15H,1-5H2/t13-/m0/s1. The van der Waals surface area contributed by atoms with Gasteiger partial charge < -0.3 is 5.11 Å². The summed E-state index contributed by atoms with van der Waals surface area (Å²) in [6, 6.07) is 6.25. The summed E-state index contributed by atoms with van der Waals surface area (Å²) < 4.78 is 0. The SMILES string of the molecule is O=[N+]([O-])c1ccc([C@@H](O)C2CCCCC2)cc1. The zero-order valence-corrected chi connectivity index (χ0v) is 9.71. The lowest BCUT2D eigenvalue weighted by atomic mass is 9.83.